The van der Waals surface area contributed by atoms with Crippen LogP contribution >= 0.6 is 0 Å². The lowest BCUT2D eigenvalue weighted by atomic mass is 9.94. The molecular formula is C21H25N3O2. The molecule has 1 heterocycles. The van der Waals surface area contributed by atoms with Gasteiger partial charge in [-0.3, -0.25) is 9.59 Å². The zero-order valence-corrected chi connectivity index (χ0v) is 15.0. The van der Waals surface area contributed by atoms with E-state index >= 15 is 0 Å². The van der Waals surface area contributed by atoms with Crippen molar-refractivity contribution in [3.63, 3.8) is 0 Å². The molecule has 2 amide bonds. The Hall–Kier alpha value is -2.66. The first kappa shape index (κ1) is 18.1. The fourth-order valence-corrected chi connectivity index (χ4v) is 3.19. The number of rotatable bonds is 6. The normalized spacial score (nSPS) is 16.4. The van der Waals surface area contributed by atoms with Crippen LogP contribution in [0.3, 0.4) is 0 Å². The number of nitrogens with zero attached hydrogens (tertiary/aromatic N) is 1. The molecule has 1 aliphatic heterocycles. The number of anilines is 1. The zero-order valence-electron chi connectivity index (χ0n) is 15.0. The largest absolute Gasteiger partial charge is 0.352 e. The van der Waals surface area contributed by atoms with E-state index in [1.54, 1.807) is 0 Å². The number of carbonyl (C=O) groups is 2. The van der Waals surface area contributed by atoms with Crippen LogP contribution in [0.5, 0.6) is 0 Å². The Balaban J connectivity index is 1.55. The van der Waals surface area contributed by atoms with E-state index in [4.69, 9.17) is 5.73 Å². The topological polar surface area (TPSA) is 75.4 Å². The lowest BCUT2D eigenvalue weighted by Gasteiger charge is -2.20. The first-order valence-corrected chi connectivity index (χ1v) is 9.04. The van der Waals surface area contributed by atoms with E-state index in [1.165, 1.54) is 0 Å². The van der Waals surface area contributed by atoms with E-state index in [0.29, 0.717) is 13.0 Å². The molecule has 3 rings (SSSR count). The van der Waals surface area contributed by atoms with Gasteiger partial charge in [0.05, 0.1) is 5.92 Å². The Morgan fingerprint density at radius 2 is 1.85 bits per heavy atom. The van der Waals surface area contributed by atoms with E-state index in [2.05, 4.69) is 5.32 Å². The second-order valence-corrected chi connectivity index (χ2v) is 6.76. The highest BCUT2D eigenvalue weighted by molar-refractivity contribution is 5.95. The van der Waals surface area contributed by atoms with Gasteiger partial charge >= 0.3 is 0 Å². The highest BCUT2D eigenvalue weighted by Crippen LogP contribution is 2.22. The van der Waals surface area contributed by atoms with E-state index < -0.39 is 0 Å². The molecule has 0 aliphatic carbocycles. The SMILES string of the molecule is CC(C(=O)NCc1ccc(N2CCCC2=O)cc1)C(N)c1ccccc1. The molecule has 2 atom stereocenters. The van der Waals surface area contributed by atoms with Crippen LogP contribution in [0.1, 0.15) is 36.9 Å². The van der Waals surface area contributed by atoms with Crippen molar-refractivity contribution in [3.8, 4) is 0 Å². The van der Waals surface area contributed by atoms with Crippen LogP contribution in [0, 0.1) is 5.92 Å². The van der Waals surface area contributed by atoms with Gasteiger partial charge in [-0.05, 0) is 29.7 Å². The number of amides is 2. The minimum absolute atomic E-state index is 0.0693. The molecule has 3 N–H and O–H groups in total. The average Bonchev–Trinajstić information content (AvgIpc) is 3.12. The van der Waals surface area contributed by atoms with Crippen molar-refractivity contribution in [2.24, 2.45) is 11.7 Å². The summed E-state index contributed by atoms with van der Waals surface area (Å²) in [7, 11) is 0. The third-order valence-electron chi connectivity index (χ3n) is 4.92. The lowest BCUT2D eigenvalue weighted by molar-refractivity contribution is -0.125. The maximum absolute atomic E-state index is 12.4. The summed E-state index contributed by atoms with van der Waals surface area (Å²) in [6.07, 6.45) is 1.54. The quantitative estimate of drug-likeness (QED) is 0.840. The molecule has 2 aromatic carbocycles. The van der Waals surface area contributed by atoms with Gasteiger partial charge in [-0.1, -0.05) is 49.4 Å². The van der Waals surface area contributed by atoms with Gasteiger partial charge < -0.3 is 16.0 Å². The minimum Gasteiger partial charge on any atom is -0.352 e. The summed E-state index contributed by atoms with van der Waals surface area (Å²) in [6.45, 7) is 3.07. The zero-order chi connectivity index (χ0) is 18.5. The van der Waals surface area contributed by atoms with Crippen LogP contribution in [-0.2, 0) is 16.1 Å². The van der Waals surface area contributed by atoms with Crippen LogP contribution in [0.4, 0.5) is 5.69 Å². The van der Waals surface area contributed by atoms with Crippen molar-refractivity contribution in [2.75, 3.05) is 11.4 Å². The van der Waals surface area contributed by atoms with Gasteiger partial charge in [-0.2, -0.15) is 0 Å². The summed E-state index contributed by atoms with van der Waals surface area (Å²) < 4.78 is 0. The monoisotopic (exact) mass is 351 g/mol. The lowest BCUT2D eigenvalue weighted by Crippen LogP contribution is -2.35. The number of benzene rings is 2. The predicted octanol–water partition coefficient (Wildman–Crippen LogP) is 2.77. The van der Waals surface area contributed by atoms with Crippen LogP contribution < -0.4 is 16.0 Å². The molecule has 0 bridgehead atoms. The fraction of sp³-hybridized carbons (Fsp3) is 0.333. The minimum atomic E-state index is -0.334. The molecule has 26 heavy (non-hydrogen) atoms. The molecule has 0 radical (unpaired) electrons. The third kappa shape index (κ3) is 4.11. The molecule has 2 unspecified atom stereocenters. The summed E-state index contributed by atoms with van der Waals surface area (Å²) in [6, 6.07) is 17.1. The van der Waals surface area contributed by atoms with Crippen molar-refractivity contribution in [1.29, 1.82) is 0 Å². The van der Waals surface area contributed by atoms with Gasteiger partial charge in [0.15, 0.2) is 0 Å². The van der Waals surface area contributed by atoms with Crippen molar-refractivity contribution in [3.05, 3.63) is 65.7 Å². The Bertz CT molecular complexity index is 759. The number of nitrogens with one attached hydrogen (secondary N) is 1. The van der Waals surface area contributed by atoms with Gasteiger partial charge in [-0.15, -0.1) is 0 Å². The molecule has 1 saturated heterocycles. The molecule has 5 heteroatoms. The summed E-state index contributed by atoms with van der Waals surface area (Å²) in [4.78, 5) is 26.0. The van der Waals surface area contributed by atoms with Crippen LogP contribution in [0.25, 0.3) is 0 Å². The second kappa shape index (κ2) is 8.15. The Labute approximate surface area is 154 Å². The Kier molecular flexibility index (Phi) is 5.68. The maximum Gasteiger partial charge on any atom is 0.227 e. The van der Waals surface area contributed by atoms with E-state index in [-0.39, 0.29) is 23.8 Å². The number of hydrogen-bond acceptors (Lipinski definition) is 3. The van der Waals surface area contributed by atoms with Gasteiger partial charge in [0.25, 0.3) is 0 Å². The van der Waals surface area contributed by atoms with Crippen molar-refractivity contribution < 1.29 is 9.59 Å². The molecule has 1 aliphatic rings. The van der Waals surface area contributed by atoms with Crippen molar-refractivity contribution in [1.82, 2.24) is 5.32 Å². The molecule has 2 aromatic rings. The van der Waals surface area contributed by atoms with Crippen LogP contribution in [-0.4, -0.2) is 18.4 Å². The van der Waals surface area contributed by atoms with Crippen molar-refractivity contribution in [2.45, 2.75) is 32.4 Å². The molecule has 136 valence electrons. The Morgan fingerprint density at radius 1 is 1.15 bits per heavy atom. The number of hydrogen-bond donors (Lipinski definition) is 2. The fourth-order valence-electron chi connectivity index (χ4n) is 3.19. The summed E-state index contributed by atoms with van der Waals surface area (Å²) >= 11 is 0. The van der Waals surface area contributed by atoms with Crippen molar-refractivity contribution >= 4 is 17.5 Å². The van der Waals surface area contributed by atoms with E-state index in [0.717, 1.165) is 29.8 Å². The second-order valence-electron chi connectivity index (χ2n) is 6.76. The predicted molar refractivity (Wildman–Crippen MR) is 102 cm³/mol. The van der Waals surface area contributed by atoms with E-state index in [9.17, 15) is 9.59 Å². The van der Waals surface area contributed by atoms with Gasteiger partial charge in [0, 0.05) is 31.2 Å². The van der Waals surface area contributed by atoms with Crippen LogP contribution in [0.15, 0.2) is 54.6 Å². The first-order chi connectivity index (χ1) is 12.6. The summed E-state index contributed by atoms with van der Waals surface area (Å²) in [5.41, 5.74) is 9.08. The maximum atomic E-state index is 12.4. The Morgan fingerprint density at radius 3 is 2.46 bits per heavy atom. The van der Waals surface area contributed by atoms with Crippen LogP contribution in [0.2, 0.25) is 0 Å². The summed E-state index contributed by atoms with van der Waals surface area (Å²) in [5.74, 6) is -0.214. The molecule has 0 saturated carbocycles. The first-order valence-electron chi connectivity index (χ1n) is 9.04. The van der Waals surface area contributed by atoms with Gasteiger partial charge in [0.2, 0.25) is 11.8 Å². The highest BCUT2D eigenvalue weighted by atomic mass is 16.2. The number of carbonyl (C=O) groups excluding carboxylic acids is 2. The highest BCUT2D eigenvalue weighted by Gasteiger charge is 2.23. The average molecular weight is 351 g/mol. The standard InChI is InChI=1S/C21H25N3O2/c1-15(20(22)17-6-3-2-4-7-17)21(26)23-14-16-9-11-18(12-10-16)24-13-5-8-19(24)25/h2-4,6-7,9-12,15,20H,5,8,13-14,22H2,1H3,(H,23,26). The molecule has 5 nitrogen and oxygen atoms in total. The summed E-state index contributed by atoms with van der Waals surface area (Å²) in [5, 5.41) is 2.95. The van der Waals surface area contributed by atoms with Gasteiger partial charge in [-0.25, -0.2) is 0 Å². The molecule has 0 spiro atoms. The smallest absolute Gasteiger partial charge is 0.227 e. The number of nitrogens with two attached hydrogens (primary N) is 1. The molecular weight excluding hydrogens is 326 g/mol. The molecule has 0 aromatic heterocycles. The molecule has 1 fully saturated rings. The van der Waals surface area contributed by atoms with Gasteiger partial charge in [0.1, 0.15) is 0 Å². The third-order valence-corrected chi connectivity index (χ3v) is 4.92. The van der Waals surface area contributed by atoms with E-state index in [1.807, 2.05) is 66.4 Å².